The van der Waals surface area contributed by atoms with Crippen molar-refractivity contribution in [3.63, 3.8) is 0 Å². The van der Waals surface area contributed by atoms with Crippen LogP contribution in [0.1, 0.15) is 328 Å². The van der Waals surface area contributed by atoms with Crippen molar-refractivity contribution in [2.75, 3.05) is 131 Å². The third-order valence-electron chi connectivity index (χ3n) is 29.6. The molecule has 0 amide bonds. The summed E-state index contributed by atoms with van der Waals surface area (Å²) in [6.07, 6.45) is 37.6. The highest BCUT2D eigenvalue weighted by Gasteiger charge is 2.46. The van der Waals surface area contributed by atoms with Crippen LogP contribution in [0.4, 0.5) is 0 Å². The first-order valence-electron chi connectivity index (χ1n) is 45.6. The highest BCUT2D eigenvalue weighted by molar-refractivity contribution is 4.99. The minimum Gasteiger partial charge on any atom is -0.381 e. The normalized spacial score (nSPS) is 36.2. The number of likely N-dealkylation sites (tertiary alicyclic amines) is 2. The first-order valence-corrected chi connectivity index (χ1v) is 45.6. The van der Waals surface area contributed by atoms with Crippen LogP contribution in [0.3, 0.4) is 0 Å². The van der Waals surface area contributed by atoms with E-state index in [4.69, 9.17) is 14.2 Å². The molecule has 16 heterocycles. The molecule has 16 saturated heterocycles. The van der Waals surface area contributed by atoms with E-state index in [1.54, 1.807) is 0 Å². The molecule has 4 saturated carbocycles. The summed E-state index contributed by atoms with van der Waals surface area (Å²) in [5, 5.41) is 10.7. The average Bonchev–Trinajstić information content (AvgIpc) is 1.72. The largest absolute Gasteiger partial charge is 0.381 e. The molecule has 16 atom stereocenters. The maximum Gasteiger partial charge on any atom is 0.0718 e. The average molecular weight is 1510 g/mol. The van der Waals surface area contributed by atoms with E-state index in [2.05, 4.69) is 191 Å². The van der Waals surface area contributed by atoms with Crippen molar-refractivity contribution in [3.05, 3.63) is 0 Å². The van der Waals surface area contributed by atoms with Crippen LogP contribution >= 0.6 is 0 Å². The van der Waals surface area contributed by atoms with Crippen LogP contribution in [0, 0.1) is 94.7 Å². The maximum atomic E-state index is 5.78. The minimum atomic E-state index is 0. The van der Waals surface area contributed by atoms with E-state index in [-0.39, 0.29) is 22.3 Å². The predicted molar refractivity (Wildman–Crippen MR) is 464 cm³/mol. The van der Waals surface area contributed by atoms with E-state index < -0.39 is 0 Å². The van der Waals surface area contributed by atoms with Crippen LogP contribution in [0.25, 0.3) is 0 Å². The van der Waals surface area contributed by atoms with Crippen molar-refractivity contribution < 1.29 is 14.2 Å². The quantitative estimate of drug-likeness (QED) is 0.252. The van der Waals surface area contributed by atoms with Crippen LogP contribution < -0.4 is 16.0 Å². The molecule has 20 aliphatic rings. The van der Waals surface area contributed by atoms with Crippen molar-refractivity contribution >= 4 is 0 Å². The second kappa shape index (κ2) is 44.2. The monoisotopic (exact) mass is 1500 g/mol. The smallest absolute Gasteiger partial charge is 0.0718 e. The van der Waals surface area contributed by atoms with Gasteiger partial charge in [-0.1, -0.05) is 95.9 Å². The molecule has 20 rings (SSSR count). The van der Waals surface area contributed by atoms with Gasteiger partial charge in [0, 0.05) is 105 Å². The third kappa shape index (κ3) is 29.9. The van der Waals surface area contributed by atoms with Gasteiger partial charge in [-0.15, -0.1) is 0 Å². The Labute approximate surface area is 668 Å². The van der Waals surface area contributed by atoms with E-state index >= 15 is 0 Å². The van der Waals surface area contributed by atoms with Gasteiger partial charge in [0.05, 0.1) is 38.1 Å². The lowest BCUT2D eigenvalue weighted by molar-refractivity contribution is -0.0668. The van der Waals surface area contributed by atoms with E-state index in [0.29, 0.717) is 52.0 Å². The van der Waals surface area contributed by atoms with Gasteiger partial charge in [0.1, 0.15) is 0 Å². The highest BCUT2D eigenvalue weighted by atomic mass is 16.5. The maximum absolute atomic E-state index is 5.78. The van der Waals surface area contributed by atoms with Gasteiger partial charge in [0.2, 0.25) is 0 Å². The standard InChI is InChI=1S/C14H27N.C13H25NO.C13H25N.C12H23N.C11H22N2.C10H19NO.C10H19N.C9H17NO.3CH4/c1-14(2,3)15-10-12-6-4-7-13(11-15)9-5-8-12;1-13(2,3)14-7-11-5-4-6-12(8-14)10-15-9-11;1-10(2)13-8-11-4-3-5-12(13)6-7-14-9-11;1-9(2)12-7-10-3-4-11(12)5-6-13-8-10;1-11(2,3)13-8-7-12-6-4-5-10(12)9-13;1-10(2,3)11-6-8-4-5-9(7-11)12-8;1-7(2)10-8-3-4-11-6-9(10)5-8;1-9(2,3)10-5-8-4-7(10)6-11-8;;;/h12-13H,4-11H2,1-3H3;11-12H,4-10H2,1-3H3;10-14H,3-9H2,1-2H3;9-13H,3-8H2,1-2H3;10H,4-9H2,1-3H3;8-9H,4-7H2,1-3H3;7-11H,3-6H2,1-2H3;7-8H,4-6H2,1-3H3;3*1H4/t;;;;10-;8-,9+;;7-,8-;;;/m....0..1.../s1. The molecule has 0 aromatic carbocycles. The Morgan fingerprint density at radius 3 is 1.22 bits per heavy atom. The highest BCUT2D eigenvalue weighted by Crippen LogP contribution is 2.48. The fourth-order valence-corrected chi connectivity index (χ4v) is 23.0. The van der Waals surface area contributed by atoms with Gasteiger partial charge >= 0.3 is 0 Å². The minimum absolute atomic E-state index is 0. The fraction of sp³-hybridized carbons (Fsp3) is 1.00. The summed E-state index contributed by atoms with van der Waals surface area (Å²) in [6.45, 7) is 73.7. The summed E-state index contributed by atoms with van der Waals surface area (Å²) in [6, 6.07) is 1.58. The zero-order valence-electron chi connectivity index (χ0n) is 72.9. The molecule has 0 spiro atoms. The van der Waals surface area contributed by atoms with E-state index in [9.17, 15) is 0 Å². The molecule has 0 aromatic heterocycles. The zero-order valence-corrected chi connectivity index (χ0v) is 72.9. The Morgan fingerprint density at radius 2 is 0.766 bits per heavy atom. The molecule has 14 bridgehead atoms. The van der Waals surface area contributed by atoms with Gasteiger partial charge in [-0.05, 0) is 373 Å². The number of hydrogen-bond acceptors (Lipinski definition) is 12. The van der Waals surface area contributed by atoms with Gasteiger partial charge in [-0.2, -0.15) is 0 Å². The SMILES string of the molecule is C.C.C.CC(C)(C)N1CC2CCCC(CCC2)C1.CC(C)(C)N1CC2CCCC(COC2)C1.CC(C)(C)N1CCN2CCC[C@H]2C1.CC(C)(C)N1C[C@H]2CC[C@@H](C1)O2.CC(C)(C)N1C[C@H]2C[C@@H]1CO2.CC(C)C1C2CCNCC1C2.CC(C)C1CC2CCC1CCNC2.CC(C)C1CC2CCCC1CCNC2. The Morgan fingerprint density at radius 1 is 0.318 bits per heavy atom. The Bertz CT molecular complexity index is 2260. The van der Waals surface area contributed by atoms with Gasteiger partial charge in [0.15, 0.2) is 0 Å². The molecule has 20 fully saturated rings. The van der Waals surface area contributed by atoms with E-state index in [1.165, 1.54) is 252 Å². The molecule has 12 heteroatoms. The molecule has 3 N–H and O–H groups in total. The van der Waals surface area contributed by atoms with Gasteiger partial charge < -0.3 is 30.2 Å². The van der Waals surface area contributed by atoms with Crippen LogP contribution in [0.2, 0.25) is 0 Å². The number of nitrogens with zero attached hydrogens (tertiary/aromatic N) is 6. The predicted octanol–water partition coefficient (Wildman–Crippen LogP) is 20.2. The summed E-state index contributed by atoms with van der Waals surface area (Å²) < 4.78 is 17.1. The van der Waals surface area contributed by atoms with Crippen molar-refractivity contribution in [2.45, 2.75) is 386 Å². The van der Waals surface area contributed by atoms with E-state index in [0.717, 1.165) is 140 Å². The van der Waals surface area contributed by atoms with Crippen LogP contribution in [-0.2, 0) is 14.2 Å². The van der Waals surface area contributed by atoms with Gasteiger partial charge in [-0.3, -0.25) is 29.4 Å². The second-order valence-electron chi connectivity index (χ2n) is 43.7. The Balaban J connectivity index is 0.000000191. The van der Waals surface area contributed by atoms with Crippen molar-refractivity contribution in [2.24, 2.45) is 94.7 Å². The zero-order chi connectivity index (χ0) is 75.2. The number of rotatable bonds is 3. The number of morpholine rings is 2. The molecule has 0 aromatic rings. The summed E-state index contributed by atoms with van der Waals surface area (Å²) in [5.41, 5.74) is 1.73. The Kier molecular flexibility index (Phi) is 39.4. The molecule has 16 aliphatic heterocycles. The van der Waals surface area contributed by atoms with Crippen molar-refractivity contribution in [1.82, 2.24) is 45.3 Å². The molecular formula is C95H189N9O3. The number of nitrogens with one attached hydrogen (secondary N) is 3. The third-order valence-corrected chi connectivity index (χ3v) is 29.6. The molecular weight excluding hydrogens is 1320 g/mol. The van der Waals surface area contributed by atoms with Crippen LogP contribution in [0.5, 0.6) is 0 Å². The van der Waals surface area contributed by atoms with Gasteiger partial charge in [-0.25, -0.2) is 0 Å². The lowest BCUT2D eigenvalue weighted by Gasteiger charge is -2.45. The molecule has 12 nitrogen and oxygen atoms in total. The topological polar surface area (TPSA) is 83.2 Å². The van der Waals surface area contributed by atoms with Crippen molar-refractivity contribution in [3.8, 4) is 0 Å². The molecule has 0 radical (unpaired) electrons. The van der Waals surface area contributed by atoms with E-state index in [1.807, 2.05) is 0 Å². The number of hydrogen-bond donors (Lipinski definition) is 3. The first-order chi connectivity index (χ1) is 49.1. The lowest BCUT2D eigenvalue weighted by atomic mass is 9.60. The summed E-state index contributed by atoms with van der Waals surface area (Å²) in [7, 11) is 0. The molecule has 4 aliphatic carbocycles. The summed E-state index contributed by atoms with van der Waals surface area (Å²) in [4.78, 5) is 15.9. The number of piperazine rings is 1. The second-order valence-corrected chi connectivity index (χ2v) is 43.7. The van der Waals surface area contributed by atoms with Gasteiger partial charge in [0.25, 0.3) is 0 Å². The van der Waals surface area contributed by atoms with Crippen molar-refractivity contribution in [1.29, 1.82) is 0 Å². The lowest BCUT2D eigenvalue weighted by Crippen LogP contribution is -2.56. The first kappa shape index (κ1) is 95.4. The summed E-state index contributed by atoms with van der Waals surface area (Å²) in [5.74, 6) is 15.4. The molecule has 107 heavy (non-hydrogen) atoms. The number of ether oxygens (including phenoxy) is 3. The number of fused-ring (bicyclic) bond motifs is 28. The Hall–Kier alpha value is -0.480. The summed E-state index contributed by atoms with van der Waals surface area (Å²) >= 11 is 0. The fourth-order valence-electron chi connectivity index (χ4n) is 23.0. The van der Waals surface area contributed by atoms with Crippen LogP contribution in [-0.4, -0.2) is 219 Å². The molecule has 11 unspecified atom stereocenters. The molecule has 632 valence electrons. The van der Waals surface area contributed by atoms with Crippen LogP contribution in [0.15, 0.2) is 0 Å².